The Morgan fingerprint density at radius 2 is 1.81 bits per heavy atom. The maximum absolute atomic E-state index is 11.1. The molecule has 5 heteroatoms. The van der Waals surface area contributed by atoms with Gasteiger partial charge in [0, 0.05) is 12.1 Å². The van der Waals surface area contributed by atoms with Crippen molar-refractivity contribution in [2.45, 2.75) is 51.7 Å². The van der Waals surface area contributed by atoms with Gasteiger partial charge in [-0.05, 0) is 46.6 Å². The molecule has 0 radical (unpaired) electrons. The molecule has 0 aromatic heterocycles. The van der Waals surface area contributed by atoms with Gasteiger partial charge in [-0.25, -0.2) is 0 Å². The quantitative estimate of drug-likeness (QED) is 0.698. The van der Waals surface area contributed by atoms with Gasteiger partial charge in [0.05, 0.1) is 12.4 Å². The zero-order valence-corrected chi connectivity index (χ0v) is 11.5. The second kappa shape index (κ2) is 5.02. The number of likely N-dealkylation sites (tertiary alicyclic amines) is 1. The summed E-state index contributed by atoms with van der Waals surface area (Å²) in [5.41, 5.74) is 0.153. The van der Waals surface area contributed by atoms with Gasteiger partial charge in [0.15, 0.2) is 0 Å². The molecular formula is C11H23NO3S. The molecule has 1 fully saturated rings. The van der Waals surface area contributed by atoms with Crippen LogP contribution in [-0.4, -0.2) is 44.3 Å². The molecule has 0 bridgehead atoms. The van der Waals surface area contributed by atoms with Crippen molar-refractivity contribution < 1.29 is 12.6 Å². The first-order valence-electron chi connectivity index (χ1n) is 5.82. The molecule has 0 amide bonds. The average molecular weight is 249 g/mol. The molecule has 1 rings (SSSR count). The number of nitrogens with zero attached hydrogens (tertiary/aromatic N) is 1. The zero-order chi connectivity index (χ0) is 12.4. The fraction of sp³-hybridized carbons (Fsp3) is 1.00. The molecule has 16 heavy (non-hydrogen) atoms. The topological polar surface area (TPSA) is 46.6 Å². The number of rotatable bonds is 2. The molecule has 0 aromatic carbocycles. The van der Waals surface area contributed by atoms with E-state index >= 15 is 0 Å². The highest BCUT2D eigenvalue weighted by molar-refractivity contribution is 7.86. The molecule has 1 aliphatic rings. The Hall–Kier alpha value is -0.130. The molecule has 1 heterocycles. The standard InChI is InChI=1S/C11H23NO3S/c1-11(2,3)12-8-5-6-10(7-9-12)15-16(4,13)14/h10H,5-9H2,1-4H3. The lowest BCUT2D eigenvalue weighted by atomic mass is 10.1. The summed E-state index contributed by atoms with van der Waals surface area (Å²) in [6, 6.07) is 0. The monoisotopic (exact) mass is 249 g/mol. The summed E-state index contributed by atoms with van der Waals surface area (Å²) in [6.45, 7) is 8.48. The van der Waals surface area contributed by atoms with Crippen LogP contribution in [0.15, 0.2) is 0 Å². The maximum atomic E-state index is 11.1. The van der Waals surface area contributed by atoms with Gasteiger partial charge in [-0.3, -0.25) is 9.08 Å². The van der Waals surface area contributed by atoms with Gasteiger partial charge in [-0.15, -0.1) is 0 Å². The third kappa shape index (κ3) is 4.80. The van der Waals surface area contributed by atoms with E-state index in [4.69, 9.17) is 4.18 Å². The SMILES string of the molecule is CC(C)(C)N1CCCC(OS(C)(=O)=O)CC1. The van der Waals surface area contributed by atoms with E-state index in [1.165, 1.54) is 0 Å². The summed E-state index contributed by atoms with van der Waals surface area (Å²) in [6.07, 6.45) is 3.61. The van der Waals surface area contributed by atoms with Crippen molar-refractivity contribution in [1.82, 2.24) is 4.90 Å². The Balaban J connectivity index is 2.53. The fourth-order valence-corrected chi connectivity index (χ4v) is 2.77. The van der Waals surface area contributed by atoms with Gasteiger partial charge in [0.1, 0.15) is 0 Å². The van der Waals surface area contributed by atoms with E-state index in [9.17, 15) is 8.42 Å². The van der Waals surface area contributed by atoms with Crippen molar-refractivity contribution in [3.63, 3.8) is 0 Å². The second-order valence-corrected chi connectivity index (χ2v) is 7.11. The van der Waals surface area contributed by atoms with E-state index in [0.717, 1.165) is 38.6 Å². The van der Waals surface area contributed by atoms with Crippen molar-refractivity contribution in [3.8, 4) is 0 Å². The van der Waals surface area contributed by atoms with Crippen LogP contribution < -0.4 is 0 Å². The average Bonchev–Trinajstić information content (AvgIpc) is 2.25. The predicted molar refractivity (Wildman–Crippen MR) is 64.9 cm³/mol. The lowest BCUT2D eigenvalue weighted by Crippen LogP contribution is -2.42. The van der Waals surface area contributed by atoms with Gasteiger partial charge in [-0.1, -0.05) is 0 Å². The lowest BCUT2D eigenvalue weighted by molar-refractivity contribution is 0.132. The first kappa shape index (κ1) is 13.9. The van der Waals surface area contributed by atoms with Crippen LogP contribution in [-0.2, 0) is 14.3 Å². The first-order chi connectivity index (χ1) is 7.18. The normalized spacial score (nSPS) is 25.4. The molecule has 4 nitrogen and oxygen atoms in total. The summed E-state index contributed by atoms with van der Waals surface area (Å²) in [5.74, 6) is 0. The van der Waals surface area contributed by atoms with Crippen LogP contribution >= 0.6 is 0 Å². The molecule has 0 saturated carbocycles. The van der Waals surface area contributed by atoms with Crippen molar-refractivity contribution in [3.05, 3.63) is 0 Å². The van der Waals surface area contributed by atoms with E-state index in [2.05, 4.69) is 25.7 Å². The van der Waals surface area contributed by atoms with Gasteiger partial charge in [-0.2, -0.15) is 8.42 Å². The second-order valence-electron chi connectivity index (χ2n) is 5.51. The Kier molecular flexibility index (Phi) is 4.37. The fourth-order valence-electron chi connectivity index (χ4n) is 2.08. The Morgan fingerprint density at radius 3 is 2.31 bits per heavy atom. The van der Waals surface area contributed by atoms with Crippen molar-refractivity contribution >= 4 is 10.1 Å². The van der Waals surface area contributed by atoms with Crippen molar-refractivity contribution in [1.29, 1.82) is 0 Å². The molecule has 1 saturated heterocycles. The molecule has 96 valence electrons. The summed E-state index contributed by atoms with van der Waals surface area (Å²) in [7, 11) is -3.31. The van der Waals surface area contributed by atoms with E-state index in [1.807, 2.05) is 0 Å². The summed E-state index contributed by atoms with van der Waals surface area (Å²) < 4.78 is 27.2. The lowest BCUT2D eigenvalue weighted by Gasteiger charge is -2.34. The Labute approximate surface area is 99.1 Å². The molecule has 1 unspecified atom stereocenters. The molecule has 1 atom stereocenters. The van der Waals surface area contributed by atoms with Gasteiger partial charge in [0.2, 0.25) is 0 Å². The minimum absolute atomic E-state index is 0.137. The highest BCUT2D eigenvalue weighted by Gasteiger charge is 2.26. The van der Waals surface area contributed by atoms with E-state index in [0.29, 0.717) is 0 Å². The van der Waals surface area contributed by atoms with Crippen molar-refractivity contribution in [2.75, 3.05) is 19.3 Å². The third-order valence-electron chi connectivity index (χ3n) is 2.93. The summed E-state index contributed by atoms with van der Waals surface area (Å²) >= 11 is 0. The zero-order valence-electron chi connectivity index (χ0n) is 10.7. The number of hydrogen-bond acceptors (Lipinski definition) is 4. The van der Waals surface area contributed by atoms with E-state index < -0.39 is 10.1 Å². The van der Waals surface area contributed by atoms with Crippen LogP contribution in [0.4, 0.5) is 0 Å². The minimum atomic E-state index is -3.31. The molecule has 1 aliphatic heterocycles. The van der Waals surface area contributed by atoms with E-state index in [1.54, 1.807) is 0 Å². The summed E-state index contributed by atoms with van der Waals surface area (Å²) in [5, 5.41) is 0. The number of hydrogen-bond donors (Lipinski definition) is 0. The van der Waals surface area contributed by atoms with Crippen LogP contribution in [0.5, 0.6) is 0 Å². The van der Waals surface area contributed by atoms with E-state index in [-0.39, 0.29) is 11.6 Å². The minimum Gasteiger partial charge on any atom is -0.298 e. The Bertz CT molecular complexity index is 319. The predicted octanol–water partition coefficient (Wildman–Crippen LogP) is 1.62. The van der Waals surface area contributed by atoms with Crippen molar-refractivity contribution in [2.24, 2.45) is 0 Å². The van der Waals surface area contributed by atoms with Crippen LogP contribution in [0.2, 0.25) is 0 Å². The highest BCUT2D eigenvalue weighted by atomic mass is 32.2. The molecule has 0 spiro atoms. The smallest absolute Gasteiger partial charge is 0.264 e. The summed E-state index contributed by atoms with van der Waals surface area (Å²) in [4.78, 5) is 2.39. The van der Waals surface area contributed by atoms with Crippen LogP contribution in [0.3, 0.4) is 0 Å². The molecular weight excluding hydrogens is 226 g/mol. The third-order valence-corrected chi connectivity index (χ3v) is 3.56. The van der Waals surface area contributed by atoms with Gasteiger partial charge < -0.3 is 0 Å². The van der Waals surface area contributed by atoms with Gasteiger partial charge >= 0.3 is 0 Å². The highest BCUT2D eigenvalue weighted by Crippen LogP contribution is 2.21. The molecule has 0 aromatic rings. The molecule has 0 N–H and O–H groups in total. The van der Waals surface area contributed by atoms with Gasteiger partial charge in [0.25, 0.3) is 10.1 Å². The largest absolute Gasteiger partial charge is 0.298 e. The van der Waals surface area contributed by atoms with Crippen LogP contribution in [0.25, 0.3) is 0 Å². The first-order valence-corrected chi connectivity index (χ1v) is 7.63. The van der Waals surface area contributed by atoms with Crippen LogP contribution in [0, 0.1) is 0 Å². The Morgan fingerprint density at radius 1 is 1.19 bits per heavy atom. The maximum Gasteiger partial charge on any atom is 0.264 e. The molecule has 0 aliphatic carbocycles. The van der Waals surface area contributed by atoms with Crippen LogP contribution in [0.1, 0.15) is 40.0 Å².